The van der Waals surface area contributed by atoms with Crippen LogP contribution in [0.5, 0.6) is 0 Å². The molecule has 1 rings (SSSR count). The molecule has 0 aromatic heterocycles. The van der Waals surface area contributed by atoms with Crippen LogP contribution in [0.4, 0.5) is 0 Å². The fourth-order valence-electron chi connectivity index (χ4n) is 1.22. The Balaban J connectivity index is 2.31. The van der Waals surface area contributed by atoms with Gasteiger partial charge in [-0.1, -0.05) is 0 Å². The normalized spacial score (nSPS) is 29.0. The first-order chi connectivity index (χ1) is 5.14. The van der Waals surface area contributed by atoms with Crippen LogP contribution in [-0.2, 0) is 9.84 Å². The van der Waals surface area contributed by atoms with Gasteiger partial charge < -0.3 is 10.4 Å². The lowest BCUT2D eigenvalue weighted by Gasteiger charge is -2.07. The van der Waals surface area contributed by atoms with Crippen molar-refractivity contribution in [3.8, 4) is 0 Å². The van der Waals surface area contributed by atoms with Crippen LogP contribution in [0, 0.1) is 0 Å². The highest BCUT2D eigenvalue weighted by atomic mass is 32.2. The molecule has 1 aliphatic rings. The van der Waals surface area contributed by atoms with E-state index in [0.29, 0.717) is 13.0 Å². The molecule has 66 valence electrons. The Kier molecular flexibility index (Phi) is 2.86. The van der Waals surface area contributed by atoms with Gasteiger partial charge in [0.2, 0.25) is 0 Å². The van der Waals surface area contributed by atoms with Crippen molar-refractivity contribution in [1.82, 2.24) is 5.32 Å². The smallest absolute Gasteiger partial charge is 0.151 e. The van der Waals surface area contributed by atoms with E-state index in [4.69, 9.17) is 5.11 Å². The second kappa shape index (κ2) is 3.51. The Labute approximate surface area is 66.5 Å². The van der Waals surface area contributed by atoms with Crippen molar-refractivity contribution in [1.29, 1.82) is 0 Å². The molecular formula is C6H13NO3S. The molecule has 1 atom stereocenters. The molecule has 2 N–H and O–H groups in total. The largest absolute Gasteiger partial charge is 0.395 e. The van der Waals surface area contributed by atoms with Gasteiger partial charge >= 0.3 is 0 Å². The summed E-state index contributed by atoms with van der Waals surface area (Å²) in [6.45, 7) is 0.552. The topological polar surface area (TPSA) is 66.4 Å². The molecule has 1 heterocycles. The fourth-order valence-corrected chi connectivity index (χ4v) is 2.93. The van der Waals surface area contributed by atoms with Crippen molar-refractivity contribution >= 4 is 9.84 Å². The Morgan fingerprint density at radius 1 is 1.55 bits per heavy atom. The van der Waals surface area contributed by atoms with E-state index in [0.717, 1.165) is 0 Å². The summed E-state index contributed by atoms with van der Waals surface area (Å²) in [5.74, 6) is 0.517. The average molecular weight is 179 g/mol. The first-order valence-corrected chi connectivity index (χ1v) is 5.51. The van der Waals surface area contributed by atoms with Gasteiger partial charge in [-0.15, -0.1) is 0 Å². The summed E-state index contributed by atoms with van der Waals surface area (Å²) < 4.78 is 21.8. The van der Waals surface area contributed by atoms with Crippen LogP contribution in [0.25, 0.3) is 0 Å². The summed E-state index contributed by atoms with van der Waals surface area (Å²) in [5, 5.41) is 11.4. The minimum Gasteiger partial charge on any atom is -0.395 e. The maximum absolute atomic E-state index is 10.9. The predicted molar refractivity (Wildman–Crippen MR) is 42.1 cm³/mol. The number of rotatable bonds is 3. The van der Waals surface area contributed by atoms with Gasteiger partial charge in [-0.25, -0.2) is 8.42 Å². The molecule has 0 amide bonds. The van der Waals surface area contributed by atoms with E-state index < -0.39 is 9.84 Å². The van der Waals surface area contributed by atoms with E-state index in [-0.39, 0.29) is 24.2 Å². The highest BCUT2D eigenvalue weighted by Gasteiger charge is 2.26. The predicted octanol–water partition coefficient (Wildman–Crippen LogP) is -1.24. The molecule has 0 radical (unpaired) electrons. The molecule has 1 unspecified atom stereocenters. The quantitative estimate of drug-likeness (QED) is 0.568. The van der Waals surface area contributed by atoms with Crippen molar-refractivity contribution in [2.75, 3.05) is 24.7 Å². The molecule has 0 aromatic rings. The summed E-state index contributed by atoms with van der Waals surface area (Å²) in [7, 11) is -2.77. The second-order valence-electron chi connectivity index (χ2n) is 2.78. The van der Waals surface area contributed by atoms with Gasteiger partial charge in [0.15, 0.2) is 9.84 Å². The van der Waals surface area contributed by atoms with Crippen LogP contribution >= 0.6 is 0 Å². The zero-order chi connectivity index (χ0) is 8.32. The molecule has 11 heavy (non-hydrogen) atoms. The molecule has 1 aliphatic heterocycles. The summed E-state index contributed by atoms with van der Waals surface area (Å²) >= 11 is 0. The van der Waals surface area contributed by atoms with E-state index in [1.165, 1.54) is 0 Å². The molecule has 1 fully saturated rings. The van der Waals surface area contributed by atoms with E-state index in [1.807, 2.05) is 0 Å². The molecule has 0 spiro atoms. The van der Waals surface area contributed by atoms with E-state index in [2.05, 4.69) is 5.32 Å². The molecule has 0 aliphatic carbocycles. The number of hydrogen-bond donors (Lipinski definition) is 2. The van der Waals surface area contributed by atoms with Gasteiger partial charge in [-0.05, 0) is 6.42 Å². The van der Waals surface area contributed by atoms with Crippen molar-refractivity contribution < 1.29 is 13.5 Å². The SMILES string of the molecule is O=S1(=O)CCC(NCCO)C1. The van der Waals surface area contributed by atoms with Crippen LogP contribution in [-0.4, -0.2) is 44.2 Å². The third-order valence-corrected chi connectivity index (χ3v) is 3.55. The van der Waals surface area contributed by atoms with Gasteiger partial charge in [-0.2, -0.15) is 0 Å². The number of aliphatic hydroxyl groups is 1. The maximum atomic E-state index is 10.9. The molecule has 5 heteroatoms. The first kappa shape index (κ1) is 8.96. The van der Waals surface area contributed by atoms with Gasteiger partial charge in [0.25, 0.3) is 0 Å². The Morgan fingerprint density at radius 3 is 2.73 bits per heavy atom. The minimum absolute atomic E-state index is 0.0622. The number of hydrogen-bond acceptors (Lipinski definition) is 4. The van der Waals surface area contributed by atoms with Gasteiger partial charge in [0.05, 0.1) is 18.1 Å². The number of nitrogens with one attached hydrogen (secondary N) is 1. The van der Waals surface area contributed by atoms with Crippen molar-refractivity contribution in [2.45, 2.75) is 12.5 Å². The molecule has 1 saturated heterocycles. The van der Waals surface area contributed by atoms with Crippen molar-refractivity contribution in [3.05, 3.63) is 0 Å². The molecular weight excluding hydrogens is 166 g/mol. The average Bonchev–Trinajstić information content (AvgIpc) is 2.26. The van der Waals surface area contributed by atoms with Gasteiger partial charge in [0, 0.05) is 12.6 Å². The number of sulfone groups is 1. The second-order valence-corrected chi connectivity index (χ2v) is 5.01. The fraction of sp³-hybridized carbons (Fsp3) is 1.00. The Bertz CT molecular complexity index is 212. The minimum atomic E-state index is -2.77. The summed E-state index contributed by atoms with van der Waals surface area (Å²) in [6, 6.07) is 0.0622. The lowest BCUT2D eigenvalue weighted by Crippen LogP contribution is -2.32. The molecule has 0 aromatic carbocycles. The maximum Gasteiger partial charge on any atom is 0.151 e. The van der Waals surface area contributed by atoms with Crippen LogP contribution in [0.1, 0.15) is 6.42 Å². The van der Waals surface area contributed by atoms with Crippen LogP contribution in [0.2, 0.25) is 0 Å². The van der Waals surface area contributed by atoms with E-state index >= 15 is 0 Å². The summed E-state index contributed by atoms with van der Waals surface area (Å²) in [5.41, 5.74) is 0. The lowest BCUT2D eigenvalue weighted by atomic mass is 10.3. The Morgan fingerprint density at radius 2 is 2.27 bits per heavy atom. The summed E-state index contributed by atoms with van der Waals surface area (Å²) in [4.78, 5) is 0. The highest BCUT2D eigenvalue weighted by Crippen LogP contribution is 2.10. The highest BCUT2D eigenvalue weighted by molar-refractivity contribution is 7.91. The van der Waals surface area contributed by atoms with Crippen LogP contribution < -0.4 is 5.32 Å². The van der Waals surface area contributed by atoms with Gasteiger partial charge in [0.1, 0.15) is 0 Å². The van der Waals surface area contributed by atoms with Gasteiger partial charge in [-0.3, -0.25) is 0 Å². The van der Waals surface area contributed by atoms with E-state index in [1.54, 1.807) is 0 Å². The summed E-state index contributed by atoms with van der Waals surface area (Å²) in [6.07, 6.45) is 0.683. The Hall–Kier alpha value is -0.130. The monoisotopic (exact) mass is 179 g/mol. The first-order valence-electron chi connectivity index (χ1n) is 3.69. The zero-order valence-corrected chi connectivity index (χ0v) is 7.10. The van der Waals surface area contributed by atoms with Crippen molar-refractivity contribution in [2.24, 2.45) is 0 Å². The van der Waals surface area contributed by atoms with E-state index in [9.17, 15) is 8.42 Å². The van der Waals surface area contributed by atoms with Crippen LogP contribution in [0.3, 0.4) is 0 Å². The molecule has 0 bridgehead atoms. The van der Waals surface area contributed by atoms with Crippen molar-refractivity contribution in [3.63, 3.8) is 0 Å². The standard InChI is InChI=1S/C6H13NO3S/c8-3-2-7-6-1-4-11(9,10)5-6/h6-8H,1-5H2. The third kappa shape index (κ3) is 2.76. The zero-order valence-electron chi connectivity index (χ0n) is 6.28. The number of aliphatic hydroxyl groups excluding tert-OH is 1. The molecule has 0 saturated carbocycles. The van der Waals surface area contributed by atoms with Crippen LogP contribution in [0.15, 0.2) is 0 Å². The molecule has 4 nitrogen and oxygen atoms in total. The lowest BCUT2D eigenvalue weighted by molar-refractivity contribution is 0.286. The third-order valence-electron chi connectivity index (χ3n) is 1.78.